The van der Waals surface area contributed by atoms with Crippen molar-refractivity contribution in [2.75, 3.05) is 25.1 Å². The van der Waals surface area contributed by atoms with Crippen LogP contribution in [-0.2, 0) is 11.2 Å². The van der Waals surface area contributed by atoms with E-state index in [1.807, 2.05) is 0 Å². The molecule has 0 amide bonds. The van der Waals surface area contributed by atoms with Gasteiger partial charge in [-0.15, -0.1) is 0 Å². The average Bonchev–Trinajstić information content (AvgIpc) is 2.24. The van der Waals surface area contributed by atoms with Crippen molar-refractivity contribution in [1.82, 2.24) is 0 Å². The van der Waals surface area contributed by atoms with Crippen LogP contribution >= 0.6 is 0 Å². The molecule has 15 heavy (non-hydrogen) atoms. The van der Waals surface area contributed by atoms with Crippen LogP contribution in [0, 0.1) is 5.41 Å². The molecule has 2 nitrogen and oxygen atoms in total. The molecule has 0 atom stereocenters. The third-order valence-electron chi connectivity index (χ3n) is 2.98. The fourth-order valence-corrected chi connectivity index (χ4v) is 1.73. The summed E-state index contributed by atoms with van der Waals surface area (Å²) in [4.78, 5) is 0. The number of rotatable bonds is 4. The van der Waals surface area contributed by atoms with Gasteiger partial charge in [-0.2, -0.15) is 0 Å². The third-order valence-corrected chi connectivity index (χ3v) is 2.98. The minimum atomic E-state index is 0.337. The first kappa shape index (κ1) is 10.5. The zero-order chi connectivity index (χ0) is 10.7. The second-order valence-electron chi connectivity index (χ2n) is 4.71. The van der Waals surface area contributed by atoms with Gasteiger partial charge in [0.05, 0.1) is 13.2 Å². The lowest BCUT2D eigenvalue weighted by Crippen LogP contribution is -2.45. The Bertz CT molecular complexity index is 314. The molecule has 1 saturated heterocycles. The van der Waals surface area contributed by atoms with Crippen LogP contribution < -0.4 is 5.32 Å². The van der Waals surface area contributed by atoms with Crippen LogP contribution in [0.1, 0.15) is 19.4 Å². The zero-order valence-electron chi connectivity index (χ0n) is 9.55. The quantitative estimate of drug-likeness (QED) is 0.816. The molecule has 1 aliphatic rings. The third kappa shape index (κ3) is 2.51. The van der Waals surface area contributed by atoms with E-state index in [-0.39, 0.29) is 0 Å². The Morgan fingerprint density at radius 2 is 1.93 bits per heavy atom. The predicted octanol–water partition coefficient (Wildman–Crippen LogP) is 2.70. The van der Waals surface area contributed by atoms with Gasteiger partial charge in [0.15, 0.2) is 0 Å². The summed E-state index contributed by atoms with van der Waals surface area (Å²) in [5.41, 5.74) is 2.93. The molecule has 0 bridgehead atoms. The van der Waals surface area contributed by atoms with E-state index in [1.54, 1.807) is 0 Å². The SMILES string of the molecule is CCc1ccc(NCC2(C)COC2)cc1. The van der Waals surface area contributed by atoms with Crippen molar-refractivity contribution in [2.45, 2.75) is 20.3 Å². The molecule has 1 heterocycles. The molecule has 0 spiro atoms. The van der Waals surface area contributed by atoms with E-state index in [2.05, 4.69) is 43.4 Å². The van der Waals surface area contributed by atoms with E-state index >= 15 is 0 Å². The number of hydrogen-bond acceptors (Lipinski definition) is 2. The van der Waals surface area contributed by atoms with E-state index in [0.29, 0.717) is 5.41 Å². The van der Waals surface area contributed by atoms with Crippen LogP contribution in [0.4, 0.5) is 5.69 Å². The fraction of sp³-hybridized carbons (Fsp3) is 0.538. The molecule has 1 N–H and O–H groups in total. The van der Waals surface area contributed by atoms with Crippen molar-refractivity contribution in [3.05, 3.63) is 29.8 Å². The maximum atomic E-state index is 5.22. The summed E-state index contributed by atoms with van der Waals surface area (Å²) in [6.07, 6.45) is 1.10. The lowest BCUT2D eigenvalue weighted by molar-refractivity contribution is -0.0924. The largest absolute Gasteiger partial charge is 0.384 e. The van der Waals surface area contributed by atoms with Crippen LogP contribution in [0.2, 0.25) is 0 Å². The van der Waals surface area contributed by atoms with Gasteiger partial charge in [0.2, 0.25) is 0 Å². The summed E-state index contributed by atoms with van der Waals surface area (Å²) in [5, 5.41) is 3.46. The van der Waals surface area contributed by atoms with Crippen LogP contribution in [0.3, 0.4) is 0 Å². The number of anilines is 1. The Hall–Kier alpha value is -1.02. The van der Waals surface area contributed by atoms with Gasteiger partial charge in [0.25, 0.3) is 0 Å². The molecule has 0 radical (unpaired) electrons. The highest BCUT2D eigenvalue weighted by molar-refractivity contribution is 5.44. The second kappa shape index (κ2) is 4.23. The topological polar surface area (TPSA) is 21.3 Å². The summed E-state index contributed by atoms with van der Waals surface area (Å²) in [6, 6.07) is 8.67. The molecule has 1 aliphatic heterocycles. The minimum absolute atomic E-state index is 0.337. The highest BCUT2D eigenvalue weighted by atomic mass is 16.5. The highest BCUT2D eigenvalue weighted by Gasteiger charge is 2.32. The molecule has 1 fully saturated rings. The number of benzene rings is 1. The van der Waals surface area contributed by atoms with E-state index in [9.17, 15) is 0 Å². The number of aryl methyl sites for hydroxylation is 1. The maximum Gasteiger partial charge on any atom is 0.0559 e. The molecule has 2 heteroatoms. The Kier molecular flexibility index (Phi) is 2.96. The molecule has 0 saturated carbocycles. The number of hydrogen-bond donors (Lipinski definition) is 1. The molecule has 0 unspecified atom stereocenters. The maximum absolute atomic E-state index is 5.22. The van der Waals surface area contributed by atoms with Crippen LogP contribution in [0.5, 0.6) is 0 Å². The number of nitrogens with one attached hydrogen (secondary N) is 1. The monoisotopic (exact) mass is 205 g/mol. The normalized spacial score (nSPS) is 18.3. The lowest BCUT2D eigenvalue weighted by Gasteiger charge is -2.38. The molecular formula is C13H19NO. The van der Waals surface area contributed by atoms with Gasteiger partial charge in [-0.3, -0.25) is 0 Å². The molecular weight excluding hydrogens is 186 g/mol. The van der Waals surface area contributed by atoms with Gasteiger partial charge in [0, 0.05) is 17.6 Å². The van der Waals surface area contributed by atoms with Gasteiger partial charge >= 0.3 is 0 Å². The van der Waals surface area contributed by atoms with Gasteiger partial charge in [0.1, 0.15) is 0 Å². The van der Waals surface area contributed by atoms with Crippen molar-refractivity contribution in [1.29, 1.82) is 0 Å². The van der Waals surface area contributed by atoms with Gasteiger partial charge in [-0.05, 0) is 24.1 Å². The summed E-state index contributed by atoms with van der Waals surface area (Å²) < 4.78 is 5.22. The molecule has 82 valence electrons. The highest BCUT2D eigenvalue weighted by Crippen LogP contribution is 2.26. The molecule has 0 aromatic heterocycles. The van der Waals surface area contributed by atoms with E-state index in [4.69, 9.17) is 4.74 Å². The van der Waals surface area contributed by atoms with Crippen molar-refractivity contribution in [3.8, 4) is 0 Å². The number of ether oxygens (including phenoxy) is 1. The van der Waals surface area contributed by atoms with E-state index < -0.39 is 0 Å². The van der Waals surface area contributed by atoms with E-state index in [1.165, 1.54) is 11.3 Å². The zero-order valence-corrected chi connectivity index (χ0v) is 9.55. The Morgan fingerprint density at radius 1 is 1.27 bits per heavy atom. The molecule has 1 aromatic carbocycles. The van der Waals surface area contributed by atoms with Gasteiger partial charge < -0.3 is 10.1 Å². The summed E-state index contributed by atoms with van der Waals surface area (Å²) >= 11 is 0. The standard InChI is InChI=1S/C13H19NO/c1-3-11-4-6-12(7-5-11)14-8-13(2)9-15-10-13/h4-7,14H,3,8-10H2,1-2H3. The molecule has 0 aliphatic carbocycles. The molecule has 1 aromatic rings. The Balaban J connectivity index is 1.87. The predicted molar refractivity (Wildman–Crippen MR) is 63.2 cm³/mol. The minimum Gasteiger partial charge on any atom is -0.384 e. The average molecular weight is 205 g/mol. The Morgan fingerprint density at radius 3 is 2.40 bits per heavy atom. The smallest absolute Gasteiger partial charge is 0.0559 e. The van der Waals surface area contributed by atoms with Crippen LogP contribution in [0.15, 0.2) is 24.3 Å². The second-order valence-corrected chi connectivity index (χ2v) is 4.71. The van der Waals surface area contributed by atoms with Gasteiger partial charge in [-0.1, -0.05) is 26.0 Å². The van der Waals surface area contributed by atoms with Gasteiger partial charge in [-0.25, -0.2) is 0 Å². The van der Waals surface area contributed by atoms with Crippen molar-refractivity contribution in [3.63, 3.8) is 0 Å². The fourth-order valence-electron chi connectivity index (χ4n) is 1.73. The van der Waals surface area contributed by atoms with Crippen molar-refractivity contribution < 1.29 is 4.74 Å². The summed E-state index contributed by atoms with van der Waals surface area (Å²) in [7, 11) is 0. The van der Waals surface area contributed by atoms with Crippen molar-refractivity contribution >= 4 is 5.69 Å². The summed E-state index contributed by atoms with van der Waals surface area (Å²) in [5.74, 6) is 0. The summed E-state index contributed by atoms with van der Waals surface area (Å²) in [6.45, 7) is 7.19. The first-order valence-corrected chi connectivity index (χ1v) is 5.62. The first-order valence-electron chi connectivity index (χ1n) is 5.62. The Labute approximate surface area is 91.6 Å². The first-order chi connectivity index (χ1) is 7.22. The van der Waals surface area contributed by atoms with Crippen LogP contribution in [0.25, 0.3) is 0 Å². The van der Waals surface area contributed by atoms with Crippen molar-refractivity contribution in [2.24, 2.45) is 5.41 Å². The van der Waals surface area contributed by atoms with E-state index in [0.717, 1.165) is 26.2 Å². The lowest BCUT2D eigenvalue weighted by atomic mass is 9.88. The molecule has 2 rings (SSSR count). The van der Waals surface area contributed by atoms with Crippen LogP contribution in [-0.4, -0.2) is 19.8 Å².